The fourth-order valence-corrected chi connectivity index (χ4v) is 0.309. The van der Waals surface area contributed by atoms with E-state index in [4.69, 9.17) is 5.73 Å². The first-order valence-corrected chi connectivity index (χ1v) is 2.47. The second kappa shape index (κ2) is 3.13. The highest BCUT2D eigenvalue weighted by molar-refractivity contribution is 5.21. The van der Waals surface area contributed by atoms with E-state index in [9.17, 15) is 0 Å². The third kappa shape index (κ3) is 2.29. The predicted molar refractivity (Wildman–Crippen MR) is 36.1 cm³/mol. The zero-order valence-corrected chi connectivity index (χ0v) is 5.36. The molecule has 0 rings (SSSR count). The van der Waals surface area contributed by atoms with Gasteiger partial charge in [0.05, 0.1) is 0 Å². The molecule has 0 saturated carbocycles. The van der Waals surface area contributed by atoms with E-state index in [1.165, 1.54) is 0 Å². The van der Waals surface area contributed by atoms with Crippen LogP contribution in [0.15, 0.2) is 24.0 Å². The maximum atomic E-state index is 5.32. The second-order valence-electron chi connectivity index (χ2n) is 1.64. The molecule has 0 aliphatic rings. The van der Waals surface area contributed by atoms with Crippen molar-refractivity contribution in [3.05, 3.63) is 24.0 Å². The highest BCUT2D eigenvalue weighted by atomic mass is 14.8. The minimum atomic E-state index is 0.611. The molecule has 0 radical (unpaired) electrons. The lowest BCUT2D eigenvalue weighted by molar-refractivity contribution is 1.07. The minimum Gasteiger partial charge on any atom is -0.399 e. The highest BCUT2D eigenvalue weighted by Crippen LogP contribution is 1.95. The molecule has 0 aromatic carbocycles. The molecule has 0 heterocycles. The van der Waals surface area contributed by atoms with Gasteiger partial charge in [0.2, 0.25) is 0 Å². The number of allylic oxidation sites excluding steroid dienone is 1. The molecule has 0 unspecified atom stereocenters. The Hall–Kier alpha value is -0.920. The van der Waals surface area contributed by atoms with Gasteiger partial charge in [-0.3, -0.25) is 0 Å². The van der Waals surface area contributed by atoms with Gasteiger partial charge in [-0.1, -0.05) is 6.58 Å². The van der Waals surface area contributed by atoms with Crippen molar-refractivity contribution in [2.45, 2.75) is 6.92 Å². The molecule has 0 aromatic heterocycles. The zero-order valence-electron chi connectivity index (χ0n) is 5.36. The molecule has 0 aliphatic carbocycles. The molecule has 2 heteroatoms. The molecule has 0 aromatic rings. The van der Waals surface area contributed by atoms with Gasteiger partial charge in [0.1, 0.15) is 0 Å². The van der Waals surface area contributed by atoms with Crippen molar-refractivity contribution >= 4 is 0 Å². The van der Waals surface area contributed by atoms with Crippen LogP contribution in [0.5, 0.6) is 0 Å². The van der Waals surface area contributed by atoms with Crippen LogP contribution in [0.4, 0.5) is 0 Å². The van der Waals surface area contributed by atoms with E-state index < -0.39 is 0 Å². The third-order valence-corrected chi connectivity index (χ3v) is 0.867. The third-order valence-electron chi connectivity index (χ3n) is 0.867. The van der Waals surface area contributed by atoms with Crippen LogP contribution >= 0.6 is 0 Å². The molecule has 0 bridgehead atoms. The average molecular weight is 112 g/mol. The number of nitrogens with two attached hydrogens (primary N) is 1. The van der Waals surface area contributed by atoms with Crippen LogP contribution in [0.2, 0.25) is 0 Å². The summed E-state index contributed by atoms with van der Waals surface area (Å²) < 4.78 is 0. The fourth-order valence-electron chi connectivity index (χ4n) is 0.309. The molecule has 8 heavy (non-hydrogen) atoms. The van der Waals surface area contributed by atoms with Gasteiger partial charge in [0.15, 0.2) is 0 Å². The molecule has 2 nitrogen and oxygen atoms in total. The van der Waals surface area contributed by atoms with Crippen molar-refractivity contribution in [1.29, 1.82) is 0 Å². The Labute approximate surface area is 50.1 Å². The zero-order chi connectivity index (χ0) is 6.57. The second-order valence-corrected chi connectivity index (χ2v) is 1.64. The molecule has 0 fully saturated rings. The Morgan fingerprint density at radius 3 is 2.38 bits per heavy atom. The van der Waals surface area contributed by atoms with Crippen LogP contribution < -0.4 is 11.1 Å². The van der Waals surface area contributed by atoms with Crippen molar-refractivity contribution in [1.82, 2.24) is 5.32 Å². The van der Waals surface area contributed by atoms with Crippen LogP contribution in [0.25, 0.3) is 0 Å². The van der Waals surface area contributed by atoms with E-state index in [0.29, 0.717) is 5.70 Å². The molecule has 0 aliphatic heterocycles. The quantitative estimate of drug-likeness (QED) is 0.513. The number of hydrogen-bond donors (Lipinski definition) is 2. The van der Waals surface area contributed by atoms with Gasteiger partial charge in [-0.2, -0.15) is 0 Å². The van der Waals surface area contributed by atoms with Gasteiger partial charge >= 0.3 is 0 Å². The lowest BCUT2D eigenvalue weighted by Crippen LogP contribution is -2.01. The fraction of sp³-hybridized carbons (Fsp3) is 0.333. The smallest absolute Gasteiger partial charge is 0.0285 e. The summed E-state index contributed by atoms with van der Waals surface area (Å²) in [5.41, 5.74) is 6.91. The predicted octanol–water partition coefficient (Wildman–Crippen LogP) is 0.582. The van der Waals surface area contributed by atoms with E-state index in [2.05, 4.69) is 11.9 Å². The largest absolute Gasteiger partial charge is 0.399 e. The Bertz CT molecular complexity index is 114. The van der Waals surface area contributed by atoms with Gasteiger partial charge in [0, 0.05) is 18.9 Å². The molecule has 0 atom stereocenters. The van der Waals surface area contributed by atoms with Crippen molar-refractivity contribution in [3.63, 3.8) is 0 Å². The average Bonchev–Trinajstić information content (AvgIpc) is 1.67. The number of hydrogen-bond acceptors (Lipinski definition) is 2. The van der Waals surface area contributed by atoms with E-state index in [0.717, 1.165) is 5.57 Å². The Morgan fingerprint density at radius 1 is 1.75 bits per heavy atom. The SMILES string of the molecule is C=C(N)/C(C)=C\NC. The number of rotatable bonds is 2. The summed E-state index contributed by atoms with van der Waals surface area (Å²) in [4.78, 5) is 0. The van der Waals surface area contributed by atoms with Crippen LogP contribution in [-0.2, 0) is 0 Å². The molecule has 0 saturated heterocycles. The van der Waals surface area contributed by atoms with Crippen LogP contribution in [0.3, 0.4) is 0 Å². The molecular weight excluding hydrogens is 100 g/mol. The molecule has 3 N–H and O–H groups in total. The molecule has 0 amide bonds. The summed E-state index contributed by atoms with van der Waals surface area (Å²) in [7, 11) is 1.83. The summed E-state index contributed by atoms with van der Waals surface area (Å²) in [5.74, 6) is 0. The molecular formula is C6H12N2. The summed E-state index contributed by atoms with van der Waals surface area (Å²) in [6.45, 7) is 5.44. The van der Waals surface area contributed by atoms with Crippen molar-refractivity contribution in [3.8, 4) is 0 Å². The monoisotopic (exact) mass is 112 g/mol. The normalized spacial score (nSPS) is 11.0. The van der Waals surface area contributed by atoms with Gasteiger partial charge in [-0.15, -0.1) is 0 Å². The minimum absolute atomic E-state index is 0.611. The van der Waals surface area contributed by atoms with E-state index >= 15 is 0 Å². The van der Waals surface area contributed by atoms with Crippen LogP contribution in [0, 0.1) is 0 Å². The number of nitrogens with one attached hydrogen (secondary N) is 1. The topological polar surface area (TPSA) is 38.0 Å². The first-order chi connectivity index (χ1) is 3.68. The van der Waals surface area contributed by atoms with E-state index in [1.807, 2.05) is 20.2 Å². The van der Waals surface area contributed by atoms with Gasteiger partial charge in [-0.25, -0.2) is 0 Å². The highest BCUT2D eigenvalue weighted by Gasteiger charge is 1.84. The Balaban J connectivity index is 3.80. The summed E-state index contributed by atoms with van der Waals surface area (Å²) >= 11 is 0. The summed E-state index contributed by atoms with van der Waals surface area (Å²) in [5, 5.41) is 2.85. The lowest BCUT2D eigenvalue weighted by atomic mass is 10.3. The lowest BCUT2D eigenvalue weighted by Gasteiger charge is -1.96. The first kappa shape index (κ1) is 7.08. The van der Waals surface area contributed by atoms with Crippen LogP contribution in [-0.4, -0.2) is 7.05 Å². The maximum absolute atomic E-state index is 5.32. The molecule has 0 spiro atoms. The van der Waals surface area contributed by atoms with Crippen molar-refractivity contribution < 1.29 is 0 Å². The summed E-state index contributed by atoms with van der Waals surface area (Å²) in [6, 6.07) is 0. The van der Waals surface area contributed by atoms with Gasteiger partial charge in [0.25, 0.3) is 0 Å². The van der Waals surface area contributed by atoms with E-state index in [1.54, 1.807) is 0 Å². The maximum Gasteiger partial charge on any atom is 0.0285 e. The van der Waals surface area contributed by atoms with Crippen LogP contribution in [0.1, 0.15) is 6.92 Å². The standard InChI is InChI=1S/C6H12N2/c1-5(4-8-3)6(2)7/h4,8H,2,7H2,1,3H3/b5-4-. The van der Waals surface area contributed by atoms with Crippen molar-refractivity contribution in [2.75, 3.05) is 7.05 Å². The Morgan fingerprint density at radius 2 is 2.25 bits per heavy atom. The van der Waals surface area contributed by atoms with E-state index in [-0.39, 0.29) is 0 Å². The summed E-state index contributed by atoms with van der Waals surface area (Å²) in [6.07, 6.45) is 1.81. The Kier molecular flexibility index (Phi) is 2.77. The van der Waals surface area contributed by atoms with Gasteiger partial charge in [-0.05, 0) is 12.5 Å². The first-order valence-electron chi connectivity index (χ1n) is 2.47. The van der Waals surface area contributed by atoms with Crippen molar-refractivity contribution in [2.24, 2.45) is 5.73 Å². The van der Waals surface area contributed by atoms with Gasteiger partial charge < -0.3 is 11.1 Å². The molecule has 46 valence electrons.